The highest BCUT2D eigenvalue weighted by Crippen LogP contribution is 2.20. The molecule has 1 atom stereocenters. The molecule has 0 aromatic heterocycles. The van der Waals surface area contributed by atoms with E-state index in [0.29, 0.717) is 11.3 Å². The Hall–Kier alpha value is -2.38. The van der Waals surface area contributed by atoms with Crippen LogP contribution in [0.15, 0.2) is 53.4 Å². The smallest absolute Gasteiger partial charge is 0.251 e. The van der Waals surface area contributed by atoms with E-state index in [9.17, 15) is 13.2 Å². The molecule has 1 N–H and O–H groups in total. The maximum absolute atomic E-state index is 12.7. The molecule has 0 aliphatic rings. The summed E-state index contributed by atoms with van der Waals surface area (Å²) in [4.78, 5) is 12.3. The van der Waals surface area contributed by atoms with Crippen LogP contribution < -0.4 is 10.1 Å². The molecule has 0 saturated heterocycles. The molecule has 1 amide bonds. The maximum atomic E-state index is 12.7. The predicted octanol–water partition coefficient (Wildman–Crippen LogP) is 3.04. The number of methoxy groups -OCH3 is 1. The van der Waals surface area contributed by atoms with Gasteiger partial charge in [0, 0.05) is 25.2 Å². The molecule has 0 spiro atoms. The molecule has 146 valence electrons. The molecule has 0 unspecified atom stereocenters. The van der Waals surface area contributed by atoms with Gasteiger partial charge >= 0.3 is 0 Å². The second kappa shape index (κ2) is 9.01. The molecule has 0 radical (unpaired) electrons. The Bertz CT molecular complexity index is 862. The van der Waals surface area contributed by atoms with Crippen LogP contribution >= 0.6 is 0 Å². The van der Waals surface area contributed by atoms with Crippen molar-refractivity contribution in [3.8, 4) is 5.75 Å². The summed E-state index contributed by atoms with van der Waals surface area (Å²) in [6.45, 7) is 4.17. The van der Waals surface area contributed by atoms with Crippen molar-refractivity contribution in [1.29, 1.82) is 0 Å². The van der Waals surface area contributed by atoms with E-state index >= 15 is 0 Å². The van der Waals surface area contributed by atoms with Gasteiger partial charge in [-0.25, -0.2) is 8.42 Å². The highest BCUT2D eigenvalue weighted by atomic mass is 32.2. The first-order chi connectivity index (χ1) is 12.8. The largest absolute Gasteiger partial charge is 0.497 e. The molecule has 6 nitrogen and oxygen atoms in total. The van der Waals surface area contributed by atoms with Gasteiger partial charge in [0.1, 0.15) is 5.75 Å². The van der Waals surface area contributed by atoms with Crippen LogP contribution in [0.25, 0.3) is 0 Å². The standard InChI is InChI=1S/C20H26N2O4S/c1-5-15(2)21-20(23)17-8-6-16(7-9-17)14-22(3)27(24,25)19-12-10-18(26-4)11-13-19/h6-13,15H,5,14H2,1-4H3,(H,21,23)/t15-/m0/s1. The number of amides is 1. The third kappa shape index (κ3) is 5.30. The van der Waals surface area contributed by atoms with Crippen LogP contribution in [0.2, 0.25) is 0 Å². The van der Waals surface area contributed by atoms with Crippen molar-refractivity contribution in [2.75, 3.05) is 14.2 Å². The van der Waals surface area contributed by atoms with Gasteiger partial charge in [0.05, 0.1) is 12.0 Å². The van der Waals surface area contributed by atoms with Crippen LogP contribution in [0.4, 0.5) is 0 Å². The quantitative estimate of drug-likeness (QED) is 0.752. The normalized spacial score (nSPS) is 12.6. The first-order valence-electron chi connectivity index (χ1n) is 8.78. The molecule has 0 saturated carbocycles. The number of ether oxygens (including phenoxy) is 1. The Morgan fingerprint density at radius 1 is 1.11 bits per heavy atom. The van der Waals surface area contributed by atoms with E-state index in [1.54, 1.807) is 36.4 Å². The lowest BCUT2D eigenvalue weighted by Crippen LogP contribution is -2.31. The fourth-order valence-electron chi connectivity index (χ4n) is 2.44. The molecule has 0 aliphatic carbocycles. The fraction of sp³-hybridized carbons (Fsp3) is 0.350. The van der Waals surface area contributed by atoms with Gasteiger partial charge < -0.3 is 10.1 Å². The summed E-state index contributed by atoms with van der Waals surface area (Å²) in [5.41, 5.74) is 1.36. The predicted molar refractivity (Wildman–Crippen MR) is 105 cm³/mol. The topological polar surface area (TPSA) is 75.7 Å². The molecular weight excluding hydrogens is 364 g/mol. The summed E-state index contributed by atoms with van der Waals surface area (Å²) in [7, 11) is -0.548. The third-order valence-corrected chi connectivity index (χ3v) is 6.20. The molecule has 0 aliphatic heterocycles. The molecule has 2 aromatic rings. The van der Waals surface area contributed by atoms with Gasteiger partial charge in [-0.1, -0.05) is 19.1 Å². The number of benzene rings is 2. The average molecular weight is 391 g/mol. The lowest BCUT2D eigenvalue weighted by molar-refractivity contribution is 0.0939. The number of carbonyl (C=O) groups is 1. The van der Waals surface area contributed by atoms with E-state index in [1.807, 2.05) is 13.8 Å². The van der Waals surface area contributed by atoms with E-state index in [2.05, 4.69) is 5.32 Å². The van der Waals surface area contributed by atoms with Crippen LogP contribution in [0.1, 0.15) is 36.2 Å². The lowest BCUT2D eigenvalue weighted by atomic mass is 10.1. The summed E-state index contributed by atoms with van der Waals surface area (Å²) >= 11 is 0. The van der Waals surface area contributed by atoms with E-state index in [1.165, 1.54) is 30.6 Å². The van der Waals surface area contributed by atoms with Gasteiger partial charge in [-0.15, -0.1) is 0 Å². The number of hydrogen-bond acceptors (Lipinski definition) is 4. The van der Waals surface area contributed by atoms with Gasteiger partial charge in [0.2, 0.25) is 10.0 Å². The Kier molecular flexibility index (Phi) is 6.98. The van der Waals surface area contributed by atoms with E-state index < -0.39 is 10.0 Å². The van der Waals surface area contributed by atoms with Gasteiger partial charge in [-0.2, -0.15) is 4.31 Å². The Labute approximate surface area is 161 Å². The van der Waals surface area contributed by atoms with Crippen molar-refractivity contribution in [2.24, 2.45) is 0 Å². The number of sulfonamides is 1. The molecule has 7 heteroatoms. The zero-order valence-electron chi connectivity index (χ0n) is 16.1. The number of nitrogens with one attached hydrogen (secondary N) is 1. The van der Waals surface area contributed by atoms with Crippen LogP contribution in [0.5, 0.6) is 5.75 Å². The van der Waals surface area contributed by atoms with Crippen molar-refractivity contribution in [3.63, 3.8) is 0 Å². The fourth-order valence-corrected chi connectivity index (χ4v) is 3.60. The van der Waals surface area contributed by atoms with E-state index in [0.717, 1.165) is 12.0 Å². The summed E-state index contributed by atoms with van der Waals surface area (Å²) < 4.78 is 31.7. The van der Waals surface area contributed by atoms with E-state index in [4.69, 9.17) is 4.74 Å². The Balaban J connectivity index is 2.08. The number of hydrogen-bond donors (Lipinski definition) is 1. The van der Waals surface area contributed by atoms with Gasteiger partial charge in [-0.3, -0.25) is 4.79 Å². The molecular formula is C20H26N2O4S. The summed E-state index contributed by atoms with van der Waals surface area (Å²) in [6, 6.07) is 13.3. The summed E-state index contributed by atoms with van der Waals surface area (Å²) in [5, 5.41) is 2.91. The van der Waals surface area contributed by atoms with Gasteiger partial charge in [0.15, 0.2) is 0 Å². The van der Waals surface area contributed by atoms with Gasteiger partial charge in [-0.05, 0) is 55.3 Å². The highest BCUT2D eigenvalue weighted by molar-refractivity contribution is 7.89. The first kappa shape index (κ1) is 20.9. The van der Waals surface area contributed by atoms with Crippen LogP contribution in [-0.2, 0) is 16.6 Å². The molecule has 0 heterocycles. The summed E-state index contributed by atoms with van der Waals surface area (Å²) in [5.74, 6) is 0.470. The average Bonchev–Trinajstić information content (AvgIpc) is 2.68. The SMILES string of the molecule is CC[C@H](C)NC(=O)c1ccc(CN(C)S(=O)(=O)c2ccc(OC)cc2)cc1. The number of rotatable bonds is 8. The minimum absolute atomic E-state index is 0.109. The van der Waals surface area contributed by atoms with Gasteiger partial charge in [0.25, 0.3) is 5.91 Å². The number of nitrogens with zero attached hydrogens (tertiary/aromatic N) is 1. The highest BCUT2D eigenvalue weighted by Gasteiger charge is 2.21. The maximum Gasteiger partial charge on any atom is 0.251 e. The monoisotopic (exact) mass is 390 g/mol. The molecule has 27 heavy (non-hydrogen) atoms. The second-order valence-corrected chi connectivity index (χ2v) is 8.46. The van der Waals surface area contributed by atoms with Crippen LogP contribution in [0.3, 0.4) is 0 Å². The van der Waals surface area contributed by atoms with Crippen molar-refractivity contribution < 1.29 is 17.9 Å². The minimum atomic E-state index is -3.61. The van der Waals surface area contributed by atoms with Crippen molar-refractivity contribution in [1.82, 2.24) is 9.62 Å². The molecule has 2 rings (SSSR count). The Morgan fingerprint density at radius 2 is 1.70 bits per heavy atom. The van der Waals surface area contributed by atoms with Crippen LogP contribution in [-0.4, -0.2) is 38.8 Å². The lowest BCUT2D eigenvalue weighted by Gasteiger charge is -2.18. The van der Waals surface area contributed by atoms with Crippen molar-refractivity contribution in [3.05, 3.63) is 59.7 Å². The molecule has 0 fully saturated rings. The molecule has 0 bridgehead atoms. The first-order valence-corrected chi connectivity index (χ1v) is 10.2. The summed E-state index contributed by atoms with van der Waals surface area (Å²) in [6.07, 6.45) is 0.859. The second-order valence-electron chi connectivity index (χ2n) is 6.42. The molecule has 2 aromatic carbocycles. The third-order valence-electron chi connectivity index (χ3n) is 4.38. The zero-order chi connectivity index (χ0) is 20.0. The van der Waals surface area contributed by atoms with Crippen LogP contribution in [0, 0.1) is 0 Å². The number of carbonyl (C=O) groups excluding carboxylic acids is 1. The minimum Gasteiger partial charge on any atom is -0.497 e. The zero-order valence-corrected chi connectivity index (χ0v) is 16.9. The van der Waals surface area contributed by atoms with E-state index in [-0.39, 0.29) is 23.4 Å². The van der Waals surface area contributed by atoms with Crippen molar-refractivity contribution in [2.45, 2.75) is 37.8 Å². The Morgan fingerprint density at radius 3 is 2.22 bits per heavy atom. The van der Waals surface area contributed by atoms with Crippen molar-refractivity contribution >= 4 is 15.9 Å².